The van der Waals surface area contributed by atoms with Gasteiger partial charge in [-0.15, -0.1) is 0 Å². The molecule has 24 heavy (non-hydrogen) atoms. The first kappa shape index (κ1) is 20.0. The van der Waals surface area contributed by atoms with Gasteiger partial charge in [0.05, 0.1) is 18.6 Å². The number of carboxylic acid groups (broad SMARTS) is 1. The van der Waals surface area contributed by atoms with Gasteiger partial charge in [0.1, 0.15) is 11.4 Å². The molecule has 0 radical (unpaired) electrons. The number of esters is 1. The molecule has 1 atom stereocenters. The summed E-state index contributed by atoms with van der Waals surface area (Å²) in [6.07, 6.45) is 1.96. The molecule has 0 saturated carbocycles. The molecule has 0 spiro atoms. The Morgan fingerprint density at radius 3 is 2.46 bits per heavy atom. The smallest absolute Gasteiger partial charge is 0.335 e. The second-order valence-electron chi connectivity index (χ2n) is 7.04. The van der Waals surface area contributed by atoms with Crippen molar-refractivity contribution in [2.75, 3.05) is 6.61 Å². The fourth-order valence-corrected chi connectivity index (χ4v) is 2.10. The van der Waals surface area contributed by atoms with Crippen LogP contribution in [0.25, 0.3) is 0 Å². The summed E-state index contributed by atoms with van der Waals surface area (Å²) < 4.78 is 11.1. The molecule has 0 fully saturated rings. The minimum Gasteiger partial charge on any atom is -0.493 e. The van der Waals surface area contributed by atoms with E-state index >= 15 is 0 Å². The highest BCUT2D eigenvalue weighted by molar-refractivity contribution is 5.88. The Hall–Kier alpha value is -2.04. The Bertz CT molecular complexity index is 572. The Balaban J connectivity index is 2.89. The van der Waals surface area contributed by atoms with Crippen molar-refractivity contribution in [3.05, 3.63) is 29.3 Å². The highest BCUT2D eigenvalue weighted by Crippen LogP contribution is 2.23. The average Bonchev–Trinajstić information content (AvgIpc) is 2.46. The molecule has 0 amide bonds. The summed E-state index contributed by atoms with van der Waals surface area (Å²) >= 11 is 0. The molecule has 134 valence electrons. The lowest BCUT2D eigenvalue weighted by Crippen LogP contribution is -2.25. The lowest BCUT2D eigenvalue weighted by molar-refractivity contribution is -0.153. The van der Waals surface area contributed by atoms with E-state index in [4.69, 9.17) is 14.6 Å². The van der Waals surface area contributed by atoms with Gasteiger partial charge in [-0.3, -0.25) is 4.79 Å². The van der Waals surface area contributed by atoms with Crippen LogP contribution in [0, 0.1) is 5.92 Å². The van der Waals surface area contributed by atoms with E-state index in [9.17, 15) is 9.59 Å². The van der Waals surface area contributed by atoms with Crippen LogP contribution in [0.5, 0.6) is 5.75 Å². The van der Waals surface area contributed by atoms with Crippen LogP contribution in [0.3, 0.4) is 0 Å². The zero-order valence-corrected chi connectivity index (χ0v) is 15.2. The zero-order chi connectivity index (χ0) is 18.3. The summed E-state index contributed by atoms with van der Waals surface area (Å²) in [7, 11) is 0. The normalized spacial score (nSPS) is 12.5. The lowest BCUT2D eigenvalue weighted by atomic mass is 10.1. The van der Waals surface area contributed by atoms with E-state index in [-0.39, 0.29) is 12.0 Å². The van der Waals surface area contributed by atoms with E-state index < -0.39 is 17.5 Å². The summed E-state index contributed by atoms with van der Waals surface area (Å²) in [6, 6.07) is 4.57. The molecular weight excluding hydrogens is 308 g/mol. The maximum atomic E-state index is 12.1. The first-order valence-electron chi connectivity index (χ1n) is 8.33. The maximum absolute atomic E-state index is 12.1. The van der Waals surface area contributed by atoms with E-state index in [2.05, 4.69) is 13.8 Å². The number of hydrogen-bond acceptors (Lipinski definition) is 4. The summed E-state index contributed by atoms with van der Waals surface area (Å²) in [5.41, 5.74) is 0.0788. The highest BCUT2D eigenvalue weighted by atomic mass is 16.6. The van der Waals surface area contributed by atoms with Crippen molar-refractivity contribution in [1.29, 1.82) is 0 Å². The van der Waals surface area contributed by atoms with Gasteiger partial charge >= 0.3 is 11.9 Å². The monoisotopic (exact) mass is 336 g/mol. The van der Waals surface area contributed by atoms with Crippen LogP contribution in [0.15, 0.2) is 18.2 Å². The topological polar surface area (TPSA) is 72.8 Å². The van der Waals surface area contributed by atoms with Crippen LogP contribution in [-0.4, -0.2) is 29.3 Å². The van der Waals surface area contributed by atoms with E-state index in [0.29, 0.717) is 23.8 Å². The maximum Gasteiger partial charge on any atom is 0.335 e. The van der Waals surface area contributed by atoms with Gasteiger partial charge in [-0.2, -0.15) is 0 Å². The number of ether oxygens (including phenoxy) is 2. The second-order valence-corrected chi connectivity index (χ2v) is 7.04. The number of carboxylic acids is 1. The Morgan fingerprint density at radius 2 is 1.92 bits per heavy atom. The van der Waals surface area contributed by atoms with Gasteiger partial charge in [0.2, 0.25) is 0 Å². The van der Waals surface area contributed by atoms with Crippen LogP contribution >= 0.6 is 0 Å². The third kappa shape index (κ3) is 7.02. The molecule has 0 saturated heterocycles. The number of carbonyl (C=O) groups excluding carboxylic acids is 1. The van der Waals surface area contributed by atoms with Crippen LogP contribution < -0.4 is 4.74 Å². The van der Waals surface area contributed by atoms with Gasteiger partial charge in [-0.1, -0.05) is 20.3 Å². The molecule has 0 aliphatic heterocycles. The predicted octanol–water partition coefficient (Wildman–Crippen LogP) is 4.08. The van der Waals surface area contributed by atoms with Gasteiger partial charge in [0, 0.05) is 5.56 Å². The van der Waals surface area contributed by atoms with Crippen molar-refractivity contribution in [3.63, 3.8) is 0 Å². The number of benzene rings is 1. The molecule has 1 N–H and O–H groups in total. The first-order valence-corrected chi connectivity index (χ1v) is 8.33. The van der Waals surface area contributed by atoms with Crippen molar-refractivity contribution in [2.24, 2.45) is 5.92 Å². The second kappa shape index (κ2) is 8.71. The van der Waals surface area contributed by atoms with E-state index in [0.717, 1.165) is 12.8 Å². The highest BCUT2D eigenvalue weighted by Gasteiger charge is 2.19. The van der Waals surface area contributed by atoms with Gasteiger partial charge < -0.3 is 14.6 Å². The van der Waals surface area contributed by atoms with E-state index in [1.54, 1.807) is 26.8 Å². The number of hydrogen-bond donors (Lipinski definition) is 1. The molecule has 0 heterocycles. The summed E-state index contributed by atoms with van der Waals surface area (Å²) in [5, 5.41) is 9.14. The molecule has 5 heteroatoms. The summed E-state index contributed by atoms with van der Waals surface area (Å²) in [5.74, 6) is -0.352. The van der Waals surface area contributed by atoms with Gasteiger partial charge in [-0.05, 0) is 51.3 Å². The van der Waals surface area contributed by atoms with E-state index in [1.807, 2.05) is 0 Å². The van der Waals surface area contributed by atoms with Crippen molar-refractivity contribution in [2.45, 2.75) is 59.5 Å². The number of aromatic carboxylic acids is 1. The minimum atomic E-state index is -1.04. The molecule has 0 aliphatic rings. The molecule has 5 nitrogen and oxygen atoms in total. The molecule has 1 aromatic carbocycles. The molecule has 0 aliphatic carbocycles. The van der Waals surface area contributed by atoms with E-state index in [1.165, 1.54) is 12.1 Å². The molecule has 1 rings (SSSR count). The Labute approximate surface area is 144 Å². The van der Waals surface area contributed by atoms with Crippen LogP contribution in [0.2, 0.25) is 0 Å². The third-order valence-corrected chi connectivity index (χ3v) is 3.63. The van der Waals surface area contributed by atoms with Crippen LogP contribution in [0.1, 0.15) is 63.4 Å². The quantitative estimate of drug-likeness (QED) is 0.724. The van der Waals surface area contributed by atoms with Crippen molar-refractivity contribution in [3.8, 4) is 5.75 Å². The Morgan fingerprint density at radius 1 is 1.25 bits per heavy atom. The van der Waals surface area contributed by atoms with Crippen molar-refractivity contribution in [1.82, 2.24) is 0 Å². The fraction of sp³-hybridized carbons (Fsp3) is 0.579. The minimum absolute atomic E-state index is 0.0168. The van der Waals surface area contributed by atoms with Gasteiger partial charge in [-0.25, -0.2) is 4.79 Å². The first-order chi connectivity index (χ1) is 11.1. The summed E-state index contributed by atoms with van der Waals surface area (Å²) in [6.45, 7) is 10.2. The summed E-state index contributed by atoms with van der Waals surface area (Å²) in [4.78, 5) is 23.2. The SMILES string of the molecule is CCC(C)CCOc1ccc(C(=O)O)cc1CC(=O)OC(C)(C)C. The Kier molecular flexibility index (Phi) is 7.26. The average molecular weight is 336 g/mol. The number of rotatable bonds is 8. The van der Waals surface area contributed by atoms with Crippen LogP contribution in [-0.2, 0) is 16.0 Å². The van der Waals surface area contributed by atoms with Gasteiger partial charge in [0.15, 0.2) is 0 Å². The van der Waals surface area contributed by atoms with Crippen LogP contribution in [0.4, 0.5) is 0 Å². The lowest BCUT2D eigenvalue weighted by Gasteiger charge is -2.20. The largest absolute Gasteiger partial charge is 0.493 e. The standard InChI is InChI=1S/C19H28O5/c1-6-13(2)9-10-23-16-8-7-14(18(21)22)11-15(16)12-17(20)24-19(3,4)5/h7-8,11,13H,6,9-10,12H2,1-5H3,(H,21,22). The van der Waals surface area contributed by atoms with Crippen molar-refractivity contribution < 1.29 is 24.2 Å². The molecule has 0 aromatic heterocycles. The van der Waals surface area contributed by atoms with Gasteiger partial charge in [0.25, 0.3) is 0 Å². The third-order valence-electron chi connectivity index (χ3n) is 3.63. The van der Waals surface area contributed by atoms with Crippen molar-refractivity contribution >= 4 is 11.9 Å². The molecular formula is C19H28O5. The fourth-order valence-electron chi connectivity index (χ4n) is 2.10. The molecule has 0 bridgehead atoms. The number of carbonyl (C=O) groups is 2. The molecule has 1 unspecified atom stereocenters. The molecule has 1 aromatic rings. The zero-order valence-electron chi connectivity index (χ0n) is 15.2. The predicted molar refractivity (Wildman–Crippen MR) is 92.5 cm³/mol.